The van der Waals surface area contributed by atoms with Crippen LogP contribution in [0.5, 0.6) is 0 Å². The number of aryl methyl sites for hydroxylation is 1. The fourth-order valence-electron chi connectivity index (χ4n) is 4.65. The fourth-order valence-corrected chi connectivity index (χ4v) is 4.65. The molecular formula is C28H38N6. The van der Waals surface area contributed by atoms with Crippen LogP contribution in [-0.2, 0) is 0 Å². The third kappa shape index (κ3) is 5.66. The van der Waals surface area contributed by atoms with Gasteiger partial charge in [0, 0.05) is 42.3 Å². The molecule has 1 aliphatic rings. The van der Waals surface area contributed by atoms with Crippen molar-refractivity contribution >= 4 is 17.5 Å². The van der Waals surface area contributed by atoms with Crippen molar-refractivity contribution in [2.75, 3.05) is 38.5 Å². The highest BCUT2D eigenvalue weighted by atomic mass is 15.2. The molecule has 2 heterocycles. The first-order valence-corrected chi connectivity index (χ1v) is 12.2. The third-order valence-electron chi connectivity index (χ3n) is 6.58. The molecule has 180 valence electrons. The molecule has 0 bridgehead atoms. The Labute approximate surface area is 204 Å². The fraction of sp³-hybridized carbons (Fsp3) is 0.464. The summed E-state index contributed by atoms with van der Waals surface area (Å²) < 4.78 is 0. The molecule has 2 aromatic rings. The van der Waals surface area contributed by atoms with Gasteiger partial charge in [0.2, 0.25) is 0 Å². The number of piperazine rings is 1. The molecular weight excluding hydrogens is 420 g/mol. The van der Waals surface area contributed by atoms with E-state index in [1.165, 1.54) is 11.3 Å². The van der Waals surface area contributed by atoms with Gasteiger partial charge in [-0.3, -0.25) is 0 Å². The monoisotopic (exact) mass is 458 g/mol. The van der Waals surface area contributed by atoms with E-state index in [0.29, 0.717) is 5.56 Å². The second-order valence-corrected chi connectivity index (χ2v) is 9.39. The molecule has 6 nitrogen and oxygen atoms in total. The zero-order valence-corrected chi connectivity index (χ0v) is 21.7. The van der Waals surface area contributed by atoms with E-state index in [0.717, 1.165) is 65.7 Å². The number of aromatic nitrogens is 2. The number of nitrogens with zero attached hydrogens (tertiary/aromatic N) is 5. The first-order chi connectivity index (χ1) is 16.3. The van der Waals surface area contributed by atoms with Gasteiger partial charge >= 0.3 is 0 Å². The van der Waals surface area contributed by atoms with Gasteiger partial charge in [-0.25, -0.2) is 0 Å². The molecule has 0 radical (unpaired) electrons. The lowest BCUT2D eigenvalue weighted by molar-refractivity contribution is 0.191. The number of likely N-dealkylation sites (N-methyl/N-ethyl adjacent to an activating group) is 1. The van der Waals surface area contributed by atoms with Crippen molar-refractivity contribution in [2.45, 2.75) is 54.0 Å². The summed E-state index contributed by atoms with van der Waals surface area (Å²) in [4.78, 5) is 4.85. The molecule has 1 atom stereocenters. The van der Waals surface area contributed by atoms with Crippen LogP contribution in [0.4, 0.5) is 5.82 Å². The Morgan fingerprint density at radius 2 is 1.88 bits per heavy atom. The first kappa shape index (κ1) is 25.5. The van der Waals surface area contributed by atoms with Gasteiger partial charge in [0.05, 0.1) is 23.4 Å². The summed E-state index contributed by atoms with van der Waals surface area (Å²) in [5, 5.41) is 24.4. The minimum absolute atomic E-state index is 0.0234. The number of hydrogen-bond acceptors (Lipinski definition) is 6. The van der Waals surface area contributed by atoms with Gasteiger partial charge in [0.25, 0.3) is 0 Å². The van der Waals surface area contributed by atoms with Crippen molar-refractivity contribution in [1.82, 2.24) is 20.0 Å². The Hall–Kier alpha value is -3.17. The van der Waals surface area contributed by atoms with Crippen LogP contribution >= 0.6 is 0 Å². The molecule has 0 amide bonds. The minimum atomic E-state index is -0.0234. The summed E-state index contributed by atoms with van der Waals surface area (Å²) in [6, 6.07) is 8.15. The standard InChI is InChI=1S/C28H38N6/c1-8-10-24(34-15-13-33(7)14-16-34)17-26-27(19(2)3)22(6)31-32-28(26)30-21(5)25-12-9-11-23(18-29)20(25)4/h9-12,17,21H,8,13-16H2,1-7H3,(H,30,32)/b24-10-,26-17+/t21-/m1/s1. The smallest absolute Gasteiger partial charge is 0.157 e. The van der Waals surface area contributed by atoms with Crippen molar-refractivity contribution in [3.63, 3.8) is 0 Å². The van der Waals surface area contributed by atoms with E-state index in [9.17, 15) is 5.26 Å². The maximum atomic E-state index is 9.46. The van der Waals surface area contributed by atoms with E-state index in [-0.39, 0.29) is 6.04 Å². The molecule has 1 fully saturated rings. The second kappa shape index (κ2) is 11.3. The zero-order chi connectivity index (χ0) is 24.8. The van der Waals surface area contributed by atoms with Crippen LogP contribution in [0.2, 0.25) is 0 Å². The van der Waals surface area contributed by atoms with Crippen LogP contribution in [0, 0.1) is 25.2 Å². The molecule has 1 aliphatic heterocycles. The maximum absolute atomic E-state index is 9.46. The van der Waals surface area contributed by atoms with Crippen molar-refractivity contribution in [3.8, 4) is 6.07 Å². The number of benzene rings is 1. The Bertz CT molecular complexity index is 1210. The molecule has 3 rings (SSSR count). The van der Waals surface area contributed by atoms with Crippen LogP contribution in [0.15, 0.2) is 30.0 Å². The van der Waals surface area contributed by atoms with Crippen molar-refractivity contribution < 1.29 is 0 Å². The van der Waals surface area contributed by atoms with Crippen LogP contribution < -0.4 is 15.8 Å². The molecule has 0 aliphatic carbocycles. The molecule has 0 spiro atoms. The quantitative estimate of drug-likeness (QED) is 0.713. The average Bonchev–Trinajstić information content (AvgIpc) is 2.80. The average molecular weight is 459 g/mol. The van der Waals surface area contributed by atoms with E-state index in [2.05, 4.69) is 84.3 Å². The van der Waals surface area contributed by atoms with Gasteiger partial charge in [-0.05, 0) is 71.4 Å². The lowest BCUT2D eigenvalue weighted by Gasteiger charge is -2.34. The molecule has 1 aromatic heterocycles. The van der Waals surface area contributed by atoms with Crippen molar-refractivity contribution in [2.24, 2.45) is 0 Å². The van der Waals surface area contributed by atoms with E-state index >= 15 is 0 Å². The SMILES string of the molecule is CC/C=C(/C=c1/c(N[C@H](C)c2cccc(C#N)c2C)nnc(C)c1=C(C)C)N1CCN(C)CC1. The van der Waals surface area contributed by atoms with E-state index in [1.807, 2.05) is 26.0 Å². The predicted octanol–water partition coefficient (Wildman–Crippen LogP) is 3.65. The number of rotatable bonds is 6. The lowest BCUT2D eigenvalue weighted by Crippen LogP contribution is -2.44. The summed E-state index contributed by atoms with van der Waals surface area (Å²) in [5.74, 6) is 0.771. The lowest BCUT2D eigenvalue weighted by atomic mass is 9.98. The first-order valence-electron chi connectivity index (χ1n) is 12.2. The number of nitrogens with one attached hydrogen (secondary N) is 1. The molecule has 1 N–H and O–H groups in total. The van der Waals surface area contributed by atoms with E-state index in [1.54, 1.807) is 0 Å². The summed E-state index contributed by atoms with van der Waals surface area (Å²) in [7, 11) is 2.18. The van der Waals surface area contributed by atoms with E-state index < -0.39 is 0 Å². The van der Waals surface area contributed by atoms with Gasteiger partial charge in [-0.1, -0.05) is 30.7 Å². The van der Waals surface area contributed by atoms with Crippen molar-refractivity contribution in [3.05, 3.63) is 62.8 Å². The van der Waals surface area contributed by atoms with Gasteiger partial charge in [-0.2, -0.15) is 10.4 Å². The van der Waals surface area contributed by atoms with E-state index in [4.69, 9.17) is 0 Å². The van der Waals surface area contributed by atoms with Crippen LogP contribution in [0.3, 0.4) is 0 Å². The van der Waals surface area contributed by atoms with Gasteiger partial charge < -0.3 is 15.1 Å². The molecule has 1 saturated heterocycles. The largest absolute Gasteiger partial charge is 0.369 e. The highest BCUT2D eigenvalue weighted by molar-refractivity contribution is 5.57. The highest BCUT2D eigenvalue weighted by Gasteiger charge is 2.17. The van der Waals surface area contributed by atoms with Crippen LogP contribution in [-0.4, -0.2) is 53.2 Å². The van der Waals surface area contributed by atoms with Crippen molar-refractivity contribution in [1.29, 1.82) is 5.26 Å². The maximum Gasteiger partial charge on any atom is 0.157 e. The molecule has 6 heteroatoms. The van der Waals surface area contributed by atoms with Crippen LogP contribution in [0.25, 0.3) is 11.6 Å². The molecule has 0 saturated carbocycles. The van der Waals surface area contributed by atoms with Gasteiger partial charge in [0.1, 0.15) is 0 Å². The van der Waals surface area contributed by atoms with Crippen LogP contribution in [0.1, 0.15) is 62.5 Å². The number of anilines is 1. The number of hydrogen-bond donors (Lipinski definition) is 1. The Morgan fingerprint density at radius 1 is 1.18 bits per heavy atom. The summed E-state index contributed by atoms with van der Waals surface area (Å²) in [6.45, 7) is 16.7. The summed E-state index contributed by atoms with van der Waals surface area (Å²) >= 11 is 0. The minimum Gasteiger partial charge on any atom is -0.369 e. The Morgan fingerprint density at radius 3 is 2.50 bits per heavy atom. The normalized spacial score (nSPS) is 16.4. The Balaban J connectivity index is 2.13. The third-order valence-corrected chi connectivity index (χ3v) is 6.58. The van der Waals surface area contributed by atoms with Gasteiger partial charge in [-0.15, -0.1) is 5.10 Å². The highest BCUT2D eigenvalue weighted by Crippen LogP contribution is 2.22. The number of allylic oxidation sites excluding steroid dienone is 2. The predicted molar refractivity (Wildman–Crippen MR) is 141 cm³/mol. The van der Waals surface area contributed by atoms with Gasteiger partial charge in [0.15, 0.2) is 5.82 Å². The zero-order valence-electron chi connectivity index (χ0n) is 21.7. The molecule has 34 heavy (non-hydrogen) atoms. The number of nitriles is 1. The molecule has 1 aromatic carbocycles. The summed E-state index contributed by atoms with van der Waals surface area (Å²) in [5.41, 5.74) is 6.18. The second-order valence-electron chi connectivity index (χ2n) is 9.39. The summed E-state index contributed by atoms with van der Waals surface area (Å²) in [6.07, 6.45) is 5.56. The topological polar surface area (TPSA) is 68.1 Å². The molecule has 0 unspecified atom stereocenters. The Kier molecular flexibility index (Phi) is 8.46.